The van der Waals surface area contributed by atoms with Crippen LogP contribution < -0.4 is 5.32 Å². The van der Waals surface area contributed by atoms with Gasteiger partial charge in [-0.3, -0.25) is 4.99 Å². The van der Waals surface area contributed by atoms with E-state index in [-0.39, 0.29) is 24.0 Å². The van der Waals surface area contributed by atoms with E-state index < -0.39 is 0 Å². The summed E-state index contributed by atoms with van der Waals surface area (Å²) in [6.45, 7) is 10.9. The van der Waals surface area contributed by atoms with E-state index >= 15 is 0 Å². The van der Waals surface area contributed by atoms with Crippen molar-refractivity contribution in [3.8, 4) is 0 Å². The van der Waals surface area contributed by atoms with E-state index in [1.54, 1.807) is 11.3 Å². The Balaban J connectivity index is 0.00000312. The highest BCUT2D eigenvalue weighted by Crippen LogP contribution is 2.17. The monoisotopic (exact) mass is 472 g/mol. The second kappa shape index (κ2) is 10.8. The van der Waals surface area contributed by atoms with Crippen LogP contribution in [0.25, 0.3) is 0 Å². The zero-order chi connectivity index (χ0) is 17.5. The number of rotatable bonds is 6. The fourth-order valence-corrected chi connectivity index (χ4v) is 3.51. The van der Waals surface area contributed by atoms with E-state index in [2.05, 4.69) is 74.2 Å². The van der Waals surface area contributed by atoms with Crippen LogP contribution in [0.15, 0.2) is 29.3 Å². The predicted molar refractivity (Wildman–Crippen MR) is 119 cm³/mol. The molecule has 0 aliphatic carbocycles. The number of halogens is 1. The van der Waals surface area contributed by atoms with Gasteiger partial charge in [-0.05, 0) is 33.3 Å². The lowest BCUT2D eigenvalue weighted by atomic mass is 10.1. The van der Waals surface area contributed by atoms with Gasteiger partial charge >= 0.3 is 0 Å². The molecule has 0 atom stereocenters. The molecule has 2 rings (SSSR count). The maximum Gasteiger partial charge on any atom is 0.193 e. The smallest absolute Gasteiger partial charge is 0.193 e. The number of hydrogen-bond donors (Lipinski definition) is 1. The van der Waals surface area contributed by atoms with E-state index in [0.717, 1.165) is 42.7 Å². The fourth-order valence-electron chi connectivity index (χ4n) is 2.58. The largest absolute Gasteiger partial charge is 0.357 e. The molecule has 1 N–H and O–H groups in total. The molecule has 1 heterocycles. The highest BCUT2D eigenvalue weighted by atomic mass is 127. The molecular formula is C19H29IN4S. The molecule has 0 spiro atoms. The van der Waals surface area contributed by atoms with Gasteiger partial charge in [0, 0.05) is 38.0 Å². The van der Waals surface area contributed by atoms with Crippen LogP contribution in [0.4, 0.5) is 0 Å². The van der Waals surface area contributed by atoms with Crippen LogP contribution in [-0.2, 0) is 13.0 Å². The summed E-state index contributed by atoms with van der Waals surface area (Å²) in [6, 6.07) is 8.67. The molecule has 1 aromatic heterocycles. The van der Waals surface area contributed by atoms with Gasteiger partial charge in [0.25, 0.3) is 0 Å². The van der Waals surface area contributed by atoms with Gasteiger partial charge in [-0.15, -0.1) is 35.3 Å². The summed E-state index contributed by atoms with van der Waals surface area (Å²) in [4.78, 5) is 12.8. The normalized spacial score (nSPS) is 11.2. The molecule has 138 valence electrons. The van der Waals surface area contributed by atoms with Crippen molar-refractivity contribution in [3.05, 3.63) is 51.0 Å². The molecule has 0 aliphatic rings. The summed E-state index contributed by atoms with van der Waals surface area (Å²) in [6.07, 6.45) is 0.949. The second-order valence-corrected chi connectivity index (χ2v) is 7.36. The van der Waals surface area contributed by atoms with Crippen LogP contribution in [0.3, 0.4) is 0 Å². The molecule has 0 fully saturated rings. The Labute approximate surface area is 172 Å². The van der Waals surface area contributed by atoms with Crippen molar-refractivity contribution in [2.24, 2.45) is 4.99 Å². The molecular weight excluding hydrogens is 443 g/mol. The first kappa shape index (κ1) is 21.9. The van der Waals surface area contributed by atoms with Crippen molar-refractivity contribution in [3.63, 3.8) is 0 Å². The first-order chi connectivity index (χ1) is 11.5. The van der Waals surface area contributed by atoms with Gasteiger partial charge in [0.2, 0.25) is 0 Å². The zero-order valence-corrected chi connectivity index (χ0v) is 18.9. The Kier molecular flexibility index (Phi) is 9.42. The molecule has 0 aliphatic heterocycles. The van der Waals surface area contributed by atoms with Crippen LogP contribution >= 0.6 is 35.3 Å². The quantitative estimate of drug-likeness (QED) is 0.387. The van der Waals surface area contributed by atoms with Crippen molar-refractivity contribution in [1.82, 2.24) is 15.2 Å². The predicted octanol–water partition coefficient (Wildman–Crippen LogP) is 4.33. The molecule has 1 aromatic carbocycles. The van der Waals surface area contributed by atoms with Gasteiger partial charge in [-0.1, -0.05) is 29.8 Å². The van der Waals surface area contributed by atoms with Gasteiger partial charge in [-0.25, -0.2) is 4.98 Å². The number of hydrogen-bond acceptors (Lipinski definition) is 3. The summed E-state index contributed by atoms with van der Waals surface area (Å²) >= 11 is 1.78. The number of benzene rings is 1. The highest BCUT2D eigenvalue weighted by Gasteiger charge is 2.08. The summed E-state index contributed by atoms with van der Waals surface area (Å²) in [5.41, 5.74) is 3.73. The van der Waals surface area contributed by atoms with Gasteiger partial charge in [-0.2, -0.15) is 0 Å². The lowest BCUT2D eigenvalue weighted by Gasteiger charge is -2.22. The zero-order valence-electron chi connectivity index (χ0n) is 15.8. The number of nitrogens with one attached hydrogen (secondary N) is 1. The van der Waals surface area contributed by atoms with Gasteiger partial charge in [0.1, 0.15) is 0 Å². The molecule has 0 amide bonds. The number of aliphatic imine (C=N–C) groups is 1. The van der Waals surface area contributed by atoms with Crippen molar-refractivity contribution in [1.29, 1.82) is 0 Å². The number of nitrogens with zero attached hydrogens (tertiary/aromatic N) is 3. The van der Waals surface area contributed by atoms with E-state index in [0.29, 0.717) is 0 Å². The third-order valence-corrected chi connectivity index (χ3v) is 4.97. The van der Waals surface area contributed by atoms with Gasteiger partial charge in [0.05, 0.1) is 10.7 Å². The number of guanidine groups is 1. The minimum absolute atomic E-state index is 0. The van der Waals surface area contributed by atoms with E-state index in [1.165, 1.54) is 16.0 Å². The SMILES string of the molecule is CCNC(=NCCc1sc(C)nc1C)N(C)Cc1ccc(C)cc1.I. The van der Waals surface area contributed by atoms with Gasteiger partial charge < -0.3 is 10.2 Å². The first-order valence-corrected chi connectivity index (χ1v) is 9.29. The standard InChI is InChI=1S/C19H28N4S.HI/c1-6-20-19(21-12-11-18-15(3)22-16(4)24-18)23(5)13-17-9-7-14(2)8-10-17;/h7-10H,6,11-13H2,1-5H3,(H,20,21);1H. The van der Waals surface area contributed by atoms with Crippen LogP contribution in [0.2, 0.25) is 0 Å². The van der Waals surface area contributed by atoms with E-state index in [9.17, 15) is 0 Å². The van der Waals surface area contributed by atoms with Crippen molar-refractivity contribution in [2.45, 2.75) is 40.7 Å². The minimum atomic E-state index is 0. The van der Waals surface area contributed by atoms with Crippen LogP contribution in [0, 0.1) is 20.8 Å². The Bertz CT molecular complexity index is 679. The topological polar surface area (TPSA) is 40.5 Å². The molecule has 4 nitrogen and oxygen atoms in total. The lowest BCUT2D eigenvalue weighted by Crippen LogP contribution is -2.38. The molecule has 0 radical (unpaired) electrons. The fraction of sp³-hybridized carbons (Fsp3) is 0.474. The Hall–Kier alpha value is -1.15. The van der Waals surface area contributed by atoms with Gasteiger partial charge in [0.15, 0.2) is 5.96 Å². The summed E-state index contributed by atoms with van der Waals surface area (Å²) < 4.78 is 0. The second-order valence-electron chi connectivity index (χ2n) is 6.07. The number of aromatic nitrogens is 1. The third kappa shape index (κ3) is 6.93. The van der Waals surface area contributed by atoms with E-state index in [1.807, 2.05) is 0 Å². The number of aryl methyl sites for hydroxylation is 3. The van der Waals surface area contributed by atoms with Crippen molar-refractivity contribution < 1.29 is 0 Å². The molecule has 25 heavy (non-hydrogen) atoms. The molecule has 2 aromatic rings. The Morgan fingerprint density at radius 2 is 1.88 bits per heavy atom. The molecule has 0 bridgehead atoms. The Morgan fingerprint density at radius 3 is 2.44 bits per heavy atom. The number of thiazole rings is 1. The minimum Gasteiger partial charge on any atom is -0.357 e. The molecule has 0 saturated heterocycles. The van der Waals surface area contributed by atoms with E-state index in [4.69, 9.17) is 4.99 Å². The molecule has 0 unspecified atom stereocenters. The summed E-state index contributed by atoms with van der Waals surface area (Å²) in [5, 5.41) is 4.52. The molecule has 0 saturated carbocycles. The molecule has 6 heteroatoms. The maximum atomic E-state index is 4.78. The van der Waals surface area contributed by atoms with Crippen LogP contribution in [0.1, 0.15) is 33.6 Å². The average Bonchev–Trinajstić information content (AvgIpc) is 2.86. The summed E-state index contributed by atoms with van der Waals surface area (Å²) in [7, 11) is 2.09. The summed E-state index contributed by atoms with van der Waals surface area (Å²) in [5.74, 6) is 0.956. The van der Waals surface area contributed by atoms with Crippen LogP contribution in [-0.4, -0.2) is 36.0 Å². The average molecular weight is 472 g/mol. The lowest BCUT2D eigenvalue weighted by molar-refractivity contribution is 0.477. The van der Waals surface area contributed by atoms with Crippen molar-refractivity contribution in [2.75, 3.05) is 20.1 Å². The van der Waals surface area contributed by atoms with Crippen molar-refractivity contribution >= 4 is 41.3 Å². The highest BCUT2D eigenvalue weighted by molar-refractivity contribution is 14.0. The first-order valence-electron chi connectivity index (χ1n) is 8.47. The third-order valence-electron chi connectivity index (χ3n) is 3.84. The Morgan fingerprint density at radius 1 is 1.20 bits per heavy atom. The van der Waals surface area contributed by atoms with Crippen LogP contribution in [0.5, 0.6) is 0 Å². The maximum absolute atomic E-state index is 4.78.